The van der Waals surface area contributed by atoms with Crippen LogP contribution in [0.1, 0.15) is 43.1 Å². The summed E-state index contributed by atoms with van der Waals surface area (Å²) in [6, 6.07) is 8.05. The van der Waals surface area contributed by atoms with Gasteiger partial charge in [0.25, 0.3) is 0 Å². The number of carbonyl (C=O) groups excluding carboxylic acids is 1. The number of nitrogens with two attached hydrogens (primary N) is 1. The van der Waals surface area contributed by atoms with Gasteiger partial charge >= 0.3 is 0 Å². The number of benzene rings is 1. The van der Waals surface area contributed by atoms with Crippen LogP contribution in [0.15, 0.2) is 24.3 Å². The number of nitrogens with one attached hydrogen (secondary N) is 1. The van der Waals surface area contributed by atoms with Crippen molar-refractivity contribution in [1.82, 2.24) is 20.2 Å². The molecule has 1 amide bonds. The zero-order valence-corrected chi connectivity index (χ0v) is 16.8. The SMILES string of the molecule is COc1ccc([C@@H](c2nnnn2C[C@@H]2CCCO2)[NH+]2CCC(C(N)=O)CC2)cc1. The molecule has 1 aromatic carbocycles. The van der Waals surface area contributed by atoms with Crippen molar-refractivity contribution in [3.63, 3.8) is 0 Å². The third-order valence-corrected chi connectivity index (χ3v) is 6.11. The number of aromatic nitrogens is 4. The highest BCUT2D eigenvalue weighted by atomic mass is 16.5. The molecule has 1 aromatic heterocycles. The predicted octanol–water partition coefficient (Wildman–Crippen LogP) is -0.270. The Hall–Kier alpha value is -2.52. The lowest BCUT2D eigenvalue weighted by atomic mass is 9.93. The zero-order valence-electron chi connectivity index (χ0n) is 16.8. The fourth-order valence-corrected chi connectivity index (χ4v) is 4.46. The van der Waals surface area contributed by atoms with Crippen LogP contribution in [0.3, 0.4) is 0 Å². The maximum atomic E-state index is 11.6. The van der Waals surface area contributed by atoms with E-state index >= 15 is 0 Å². The highest BCUT2D eigenvalue weighted by molar-refractivity contribution is 5.76. The molecule has 3 heterocycles. The molecule has 2 aromatic rings. The van der Waals surface area contributed by atoms with Gasteiger partial charge in [-0.05, 0) is 47.5 Å². The summed E-state index contributed by atoms with van der Waals surface area (Å²) in [6.45, 7) is 3.15. The Balaban J connectivity index is 1.62. The Labute approximate surface area is 170 Å². The number of methoxy groups -OCH3 is 1. The van der Waals surface area contributed by atoms with Crippen molar-refractivity contribution in [1.29, 1.82) is 0 Å². The Morgan fingerprint density at radius 1 is 1.31 bits per heavy atom. The van der Waals surface area contributed by atoms with Crippen molar-refractivity contribution in [3.05, 3.63) is 35.7 Å². The molecule has 0 saturated carbocycles. The summed E-state index contributed by atoms with van der Waals surface area (Å²) in [5.41, 5.74) is 6.66. The molecular formula is C20H29N6O3+. The van der Waals surface area contributed by atoms with Crippen molar-refractivity contribution in [2.45, 2.75) is 44.4 Å². The number of tetrazole rings is 1. The Kier molecular flexibility index (Phi) is 6.05. The van der Waals surface area contributed by atoms with Crippen LogP contribution in [0.25, 0.3) is 0 Å². The molecule has 156 valence electrons. The van der Waals surface area contributed by atoms with Gasteiger partial charge in [0.05, 0.1) is 32.8 Å². The molecular weight excluding hydrogens is 372 g/mol. The number of amides is 1. The van der Waals surface area contributed by atoms with Crippen LogP contribution >= 0.6 is 0 Å². The van der Waals surface area contributed by atoms with Crippen molar-refractivity contribution in [2.75, 3.05) is 26.8 Å². The van der Waals surface area contributed by atoms with E-state index in [1.807, 2.05) is 16.8 Å². The van der Waals surface area contributed by atoms with Crippen molar-refractivity contribution < 1.29 is 19.2 Å². The lowest BCUT2D eigenvalue weighted by Crippen LogP contribution is -3.13. The standard InChI is InChI=1S/C20H28N6O3/c1-28-16-6-4-14(5-7-16)18(25-10-8-15(9-11-25)19(21)27)20-22-23-24-26(20)13-17-3-2-12-29-17/h4-7,15,17-18H,2-3,8-13H2,1H3,(H2,21,27)/p+1/t17-,18-/m0/s1. The molecule has 4 rings (SSSR count). The lowest BCUT2D eigenvalue weighted by Gasteiger charge is -2.33. The van der Waals surface area contributed by atoms with Crippen molar-refractivity contribution >= 4 is 5.91 Å². The van der Waals surface area contributed by atoms with Gasteiger partial charge in [0.15, 0.2) is 6.04 Å². The average molecular weight is 401 g/mol. The molecule has 0 bridgehead atoms. The van der Waals surface area contributed by atoms with Crippen molar-refractivity contribution in [3.8, 4) is 5.75 Å². The van der Waals surface area contributed by atoms with Crippen LogP contribution in [-0.4, -0.2) is 59.0 Å². The molecule has 9 nitrogen and oxygen atoms in total. The first kappa shape index (κ1) is 19.8. The van der Waals surface area contributed by atoms with Gasteiger partial charge in [-0.3, -0.25) is 4.79 Å². The number of quaternary nitrogens is 1. The van der Waals surface area contributed by atoms with E-state index in [0.717, 1.165) is 62.5 Å². The number of carbonyl (C=O) groups is 1. The summed E-state index contributed by atoms with van der Waals surface area (Å²) in [4.78, 5) is 12.9. The summed E-state index contributed by atoms with van der Waals surface area (Å²) in [5, 5.41) is 12.6. The van der Waals surface area contributed by atoms with Gasteiger partial charge in [0, 0.05) is 30.9 Å². The monoisotopic (exact) mass is 401 g/mol. The van der Waals surface area contributed by atoms with Gasteiger partial charge in [0.1, 0.15) is 5.75 Å². The number of likely N-dealkylation sites (tertiary alicyclic amines) is 1. The van der Waals surface area contributed by atoms with Crippen LogP contribution in [0.2, 0.25) is 0 Å². The summed E-state index contributed by atoms with van der Waals surface area (Å²) < 4.78 is 13.0. The first-order valence-corrected chi connectivity index (χ1v) is 10.3. The van der Waals surface area contributed by atoms with Crippen LogP contribution in [0, 0.1) is 5.92 Å². The minimum Gasteiger partial charge on any atom is -0.497 e. The molecule has 0 unspecified atom stereocenters. The van der Waals surface area contributed by atoms with Crippen LogP contribution in [0.5, 0.6) is 5.75 Å². The number of ether oxygens (including phenoxy) is 2. The first-order chi connectivity index (χ1) is 14.2. The summed E-state index contributed by atoms with van der Waals surface area (Å²) in [7, 11) is 1.66. The maximum Gasteiger partial charge on any atom is 0.220 e. The van der Waals surface area contributed by atoms with E-state index in [4.69, 9.17) is 15.2 Å². The van der Waals surface area contributed by atoms with E-state index in [1.54, 1.807) is 7.11 Å². The van der Waals surface area contributed by atoms with E-state index in [0.29, 0.717) is 6.54 Å². The highest BCUT2D eigenvalue weighted by Crippen LogP contribution is 2.23. The minimum absolute atomic E-state index is 0.0221. The number of hydrogen-bond donors (Lipinski definition) is 2. The van der Waals surface area contributed by atoms with E-state index in [-0.39, 0.29) is 24.0 Å². The Morgan fingerprint density at radius 2 is 2.07 bits per heavy atom. The fourth-order valence-electron chi connectivity index (χ4n) is 4.46. The molecule has 0 spiro atoms. The first-order valence-electron chi connectivity index (χ1n) is 10.3. The molecule has 0 aliphatic carbocycles. The Morgan fingerprint density at radius 3 is 2.69 bits per heavy atom. The molecule has 2 saturated heterocycles. The topological polar surface area (TPSA) is 110 Å². The average Bonchev–Trinajstić information content (AvgIpc) is 3.42. The summed E-state index contributed by atoms with van der Waals surface area (Å²) in [6.07, 6.45) is 3.83. The number of rotatable bonds is 7. The van der Waals surface area contributed by atoms with E-state index in [2.05, 4.69) is 27.7 Å². The van der Waals surface area contributed by atoms with E-state index in [9.17, 15) is 4.79 Å². The van der Waals surface area contributed by atoms with Gasteiger partial charge in [-0.15, -0.1) is 5.10 Å². The third kappa shape index (κ3) is 4.40. The van der Waals surface area contributed by atoms with Gasteiger partial charge in [-0.1, -0.05) is 0 Å². The smallest absolute Gasteiger partial charge is 0.220 e. The minimum atomic E-state index is -0.201. The quantitative estimate of drug-likeness (QED) is 0.661. The van der Waals surface area contributed by atoms with Crippen molar-refractivity contribution in [2.24, 2.45) is 11.7 Å². The van der Waals surface area contributed by atoms with E-state index < -0.39 is 0 Å². The molecule has 29 heavy (non-hydrogen) atoms. The molecule has 2 fully saturated rings. The number of piperidine rings is 1. The lowest BCUT2D eigenvalue weighted by molar-refractivity contribution is -0.931. The normalized spacial score (nSPS) is 25.6. The zero-order chi connectivity index (χ0) is 20.2. The van der Waals surface area contributed by atoms with Crippen LogP contribution < -0.4 is 15.4 Å². The van der Waals surface area contributed by atoms with Gasteiger partial charge < -0.3 is 20.1 Å². The molecule has 2 aliphatic heterocycles. The van der Waals surface area contributed by atoms with Crippen LogP contribution in [0.4, 0.5) is 0 Å². The fraction of sp³-hybridized carbons (Fsp3) is 0.600. The Bertz CT molecular complexity index is 810. The van der Waals surface area contributed by atoms with Gasteiger partial charge in [-0.25, -0.2) is 4.68 Å². The number of nitrogens with zero attached hydrogens (tertiary/aromatic N) is 4. The van der Waals surface area contributed by atoms with Gasteiger partial charge in [-0.2, -0.15) is 0 Å². The van der Waals surface area contributed by atoms with E-state index in [1.165, 1.54) is 4.90 Å². The van der Waals surface area contributed by atoms with Gasteiger partial charge in [0.2, 0.25) is 11.7 Å². The molecule has 2 aliphatic rings. The molecule has 0 radical (unpaired) electrons. The summed E-state index contributed by atoms with van der Waals surface area (Å²) >= 11 is 0. The predicted molar refractivity (Wildman–Crippen MR) is 104 cm³/mol. The molecule has 2 atom stereocenters. The second-order valence-electron chi connectivity index (χ2n) is 7.90. The molecule has 9 heteroatoms. The third-order valence-electron chi connectivity index (χ3n) is 6.11. The number of primary amides is 1. The molecule has 3 N–H and O–H groups in total. The highest BCUT2D eigenvalue weighted by Gasteiger charge is 2.36. The number of hydrogen-bond acceptors (Lipinski definition) is 6. The van der Waals surface area contributed by atoms with Crippen LogP contribution in [-0.2, 0) is 16.1 Å². The largest absolute Gasteiger partial charge is 0.497 e. The second-order valence-corrected chi connectivity index (χ2v) is 7.90. The maximum absolute atomic E-state index is 11.6. The summed E-state index contributed by atoms with van der Waals surface area (Å²) in [5.74, 6) is 1.40. The second kappa shape index (κ2) is 8.87.